The number of allylic oxidation sites excluding steroid dienone is 1. The van der Waals surface area contributed by atoms with Crippen LogP contribution in [0.3, 0.4) is 0 Å². The van der Waals surface area contributed by atoms with Gasteiger partial charge in [0.2, 0.25) is 0 Å². The van der Waals surface area contributed by atoms with Crippen LogP contribution in [0, 0.1) is 0 Å². The standard InChI is InChI=1S/C12H17N/c1-10(2)12-7-3-5-11(9-12)6-4-8-13/h3,5,7,9H,1,4,6,8,13H2,2H3. The molecular formula is C12H17N. The number of hydrogen-bond donors (Lipinski definition) is 1. The molecule has 70 valence electrons. The predicted molar refractivity (Wildman–Crippen MR) is 58.5 cm³/mol. The zero-order valence-electron chi connectivity index (χ0n) is 8.22. The first-order chi connectivity index (χ1) is 6.24. The lowest BCUT2D eigenvalue weighted by Gasteiger charge is -2.03. The Hall–Kier alpha value is -1.08. The van der Waals surface area contributed by atoms with E-state index in [0.717, 1.165) is 25.0 Å². The average molecular weight is 175 g/mol. The first kappa shape index (κ1) is 10.0. The molecule has 0 aromatic heterocycles. The Kier molecular flexibility index (Phi) is 3.71. The van der Waals surface area contributed by atoms with E-state index in [1.165, 1.54) is 11.1 Å². The Morgan fingerprint density at radius 1 is 1.46 bits per heavy atom. The molecule has 0 radical (unpaired) electrons. The number of aryl methyl sites for hydroxylation is 1. The Bertz CT molecular complexity index is 289. The lowest BCUT2D eigenvalue weighted by Crippen LogP contribution is -2.00. The monoisotopic (exact) mass is 175 g/mol. The number of hydrogen-bond acceptors (Lipinski definition) is 1. The molecule has 0 amide bonds. The highest BCUT2D eigenvalue weighted by Crippen LogP contribution is 2.14. The van der Waals surface area contributed by atoms with Crippen LogP contribution in [0.15, 0.2) is 30.8 Å². The zero-order chi connectivity index (χ0) is 9.68. The van der Waals surface area contributed by atoms with Gasteiger partial charge in [-0.15, -0.1) is 0 Å². The maximum atomic E-state index is 5.46. The third kappa shape index (κ3) is 3.03. The van der Waals surface area contributed by atoms with Gasteiger partial charge in [-0.2, -0.15) is 0 Å². The van der Waals surface area contributed by atoms with E-state index >= 15 is 0 Å². The fraction of sp³-hybridized carbons (Fsp3) is 0.333. The fourth-order valence-electron chi connectivity index (χ4n) is 1.30. The van der Waals surface area contributed by atoms with E-state index in [1.54, 1.807) is 0 Å². The summed E-state index contributed by atoms with van der Waals surface area (Å²) >= 11 is 0. The Morgan fingerprint density at radius 3 is 2.85 bits per heavy atom. The van der Waals surface area contributed by atoms with Gasteiger partial charge in [0.15, 0.2) is 0 Å². The molecule has 13 heavy (non-hydrogen) atoms. The molecule has 1 nitrogen and oxygen atoms in total. The van der Waals surface area contributed by atoms with Crippen LogP contribution in [-0.4, -0.2) is 6.54 Å². The van der Waals surface area contributed by atoms with Crippen molar-refractivity contribution in [2.24, 2.45) is 5.73 Å². The van der Waals surface area contributed by atoms with Gasteiger partial charge in [-0.1, -0.05) is 36.4 Å². The molecule has 0 spiro atoms. The van der Waals surface area contributed by atoms with Crippen molar-refractivity contribution in [1.82, 2.24) is 0 Å². The van der Waals surface area contributed by atoms with Crippen LogP contribution < -0.4 is 5.73 Å². The Balaban J connectivity index is 2.73. The van der Waals surface area contributed by atoms with Gasteiger partial charge in [-0.3, -0.25) is 0 Å². The van der Waals surface area contributed by atoms with E-state index < -0.39 is 0 Å². The lowest BCUT2D eigenvalue weighted by molar-refractivity contribution is 0.832. The van der Waals surface area contributed by atoms with Crippen LogP contribution in [0.4, 0.5) is 0 Å². The minimum absolute atomic E-state index is 0.761. The van der Waals surface area contributed by atoms with E-state index in [0.29, 0.717) is 0 Å². The van der Waals surface area contributed by atoms with Gasteiger partial charge >= 0.3 is 0 Å². The quantitative estimate of drug-likeness (QED) is 0.748. The highest BCUT2D eigenvalue weighted by molar-refractivity contribution is 5.61. The average Bonchev–Trinajstić information content (AvgIpc) is 2.15. The van der Waals surface area contributed by atoms with E-state index in [-0.39, 0.29) is 0 Å². The summed E-state index contributed by atoms with van der Waals surface area (Å²) in [5.74, 6) is 0. The van der Waals surface area contributed by atoms with Crippen LogP contribution in [0.5, 0.6) is 0 Å². The van der Waals surface area contributed by atoms with Crippen molar-refractivity contribution in [3.05, 3.63) is 42.0 Å². The third-order valence-corrected chi connectivity index (χ3v) is 2.09. The summed E-state index contributed by atoms with van der Waals surface area (Å²) in [6.45, 7) is 6.71. The molecule has 1 aromatic rings. The molecule has 0 unspecified atom stereocenters. The Labute approximate surface area is 80.3 Å². The summed E-state index contributed by atoms with van der Waals surface area (Å²) in [6.07, 6.45) is 2.12. The SMILES string of the molecule is C=C(C)c1cccc(CCCN)c1. The predicted octanol–water partition coefficient (Wildman–Crippen LogP) is 2.61. The summed E-state index contributed by atoms with van der Waals surface area (Å²) in [4.78, 5) is 0. The van der Waals surface area contributed by atoms with Crippen molar-refractivity contribution < 1.29 is 0 Å². The van der Waals surface area contributed by atoms with Gasteiger partial charge in [-0.05, 0) is 37.4 Å². The second kappa shape index (κ2) is 4.83. The summed E-state index contributed by atoms with van der Waals surface area (Å²) in [5, 5.41) is 0. The summed E-state index contributed by atoms with van der Waals surface area (Å²) in [5.41, 5.74) is 9.16. The van der Waals surface area contributed by atoms with Crippen molar-refractivity contribution in [2.75, 3.05) is 6.54 Å². The second-order valence-corrected chi connectivity index (χ2v) is 3.37. The fourth-order valence-corrected chi connectivity index (χ4v) is 1.30. The molecule has 0 aliphatic carbocycles. The molecule has 0 fully saturated rings. The lowest BCUT2D eigenvalue weighted by atomic mass is 10.0. The van der Waals surface area contributed by atoms with Gasteiger partial charge in [0, 0.05) is 0 Å². The minimum atomic E-state index is 0.761. The van der Waals surface area contributed by atoms with Crippen LogP contribution in [-0.2, 0) is 6.42 Å². The summed E-state index contributed by atoms with van der Waals surface area (Å²) in [6, 6.07) is 8.50. The topological polar surface area (TPSA) is 26.0 Å². The molecule has 1 rings (SSSR count). The normalized spacial score (nSPS) is 10.0. The van der Waals surface area contributed by atoms with E-state index in [9.17, 15) is 0 Å². The highest BCUT2D eigenvalue weighted by Gasteiger charge is 1.95. The molecule has 0 aliphatic heterocycles. The van der Waals surface area contributed by atoms with Crippen molar-refractivity contribution in [1.29, 1.82) is 0 Å². The van der Waals surface area contributed by atoms with E-state index in [4.69, 9.17) is 5.73 Å². The van der Waals surface area contributed by atoms with Crippen molar-refractivity contribution in [3.8, 4) is 0 Å². The first-order valence-corrected chi connectivity index (χ1v) is 4.69. The largest absolute Gasteiger partial charge is 0.330 e. The van der Waals surface area contributed by atoms with Crippen LogP contribution in [0.25, 0.3) is 5.57 Å². The number of nitrogens with two attached hydrogens (primary N) is 1. The van der Waals surface area contributed by atoms with Gasteiger partial charge in [-0.25, -0.2) is 0 Å². The highest BCUT2D eigenvalue weighted by atomic mass is 14.5. The molecule has 0 saturated carbocycles. The molecule has 1 heteroatoms. The molecule has 0 saturated heterocycles. The summed E-state index contributed by atoms with van der Waals surface area (Å²) < 4.78 is 0. The maximum absolute atomic E-state index is 5.46. The molecule has 0 atom stereocenters. The van der Waals surface area contributed by atoms with Crippen LogP contribution in [0.1, 0.15) is 24.5 Å². The number of benzene rings is 1. The van der Waals surface area contributed by atoms with Crippen molar-refractivity contribution >= 4 is 5.57 Å². The molecule has 1 aromatic carbocycles. The molecule has 0 heterocycles. The molecule has 0 aliphatic rings. The van der Waals surface area contributed by atoms with Gasteiger partial charge in [0.1, 0.15) is 0 Å². The van der Waals surface area contributed by atoms with Gasteiger partial charge in [0.25, 0.3) is 0 Å². The molecule has 2 N–H and O–H groups in total. The summed E-state index contributed by atoms with van der Waals surface area (Å²) in [7, 11) is 0. The zero-order valence-corrected chi connectivity index (χ0v) is 8.22. The van der Waals surface area contributed by atoms with Crippen molar-refractivity contribution in [3.63, 3.8) is 0 Å². The number of rotatable bonds is 4. The van der Waals surface area contributed by atoms with Crippen LogP contribution >= 0.6 is 0 Å². The van der Waals surface area contributed by atoms with E-state index in [1.807, 2.05) is 6.92 Å². The first-order valence-electron chi connectivity index (χ1n) is 4.69. The maximum Gasteiger partial charge on any atom is -0.00741 e. The smallest absolute Gasteiger partial charge is 0.00741 e. The minimum Gasteiger partial charge on any atom is -0.330 e. The molecule has 0 bridgehead atoms. The van der Waals surface area contributed by atoms with Crippen LogP contribution in [0.2, 0.25) is 0 Å². The Morgan fingerprint density at radius 2 is 2.23 bits per heavy atom. The third-order valence-electron chi connectivity index (χ3n) is 2.09. The van der Waals surface area contributed by atoms with Crippen molar-refractivity contribution in [2.45, 2.75) is 19.8 Å². The van der Waals surface area contributed by atoms with E-state index in [2.05, 4.69) is 30.8 Å². The second-order valence-electron chi connectivity index (χ2n) is 3.37. The molecular weight excluding hydrogens is 158 g/mol. The van der Waals surface area contributed by atoms with Gasteiger partial charge < -0.3 is 5.73 Å². The van der Waals surface area contributed by atoms with Gasteiger partial charge in [0.05, 0.1) is 0 Å².